The summed E-state index contributed by atoms with van der Waals surface area (Å²) < 4.78 is 7.55. The number of hydrogen-bond acceptors (Lipinski definition) is 7. The number of hydrogen-bond donors (Lipinski definition) is 1. The molecule has 0 radical (unpaired) electrons. The van der Waals surface area contributed by atoms with Crippen molar-refractivity contribution in [1.82, 2.24) is 19.4 Å². The molecule has 0 spiro atoms. The number of benzene rings is 1. The molecular formula is C24H28N6O2. The molecule has 0 atom stereocenters. The first-order chi connectivity index (χ1) is 15.5. The number of ether oxygens (including phenoxy) is 1. The molecule has 0 amide bonds. The van der Waals surface area contributed by atoms with Gasteiger partial charge in [0.1, 0.15) is 29.6 Å². The number of fused-ring (bicyclic) bond motifs is 1. The van der Waals surface area contributed by atoms with Gasteiger partial charge in [0.05, 0.1) is 0 Å². The molecule has 1 N–H and O–H groups in total. The van der Waals surface area contributed by atoms with E-state index in [1.54, 1.807) is 16.8 Å². The Hall–Kier alpha value is -3.44. The lowest BCUT2D eigenvalue weighted by Gasteiger charge is -2.17. The summed E-state index contributed by atoms with van der Waals surface area (Å²) in [5.41, 5.74) is 2.28. The molecule has 1 aliphatic carbocycles. The number of rotatable bonds is 7. The summed E-state index contributed by atoms with van der Waals surface area (Å²) >= 11 is 0. The van der Waals surface area contributed by atoms with Gasteiger partial charge in [0.15, 0.2) is 0 Å². The van der Waals surface area contributed by atoms with E-state index in [1.807, 2.05) is 45.3 Å². The van der Waals surface area contributed by atoms with E-state index in [0.717, 1.165) is 49.2 Å². The van der Waals surface area contributed by atoms with Crippen LogP contribution in [-0.4, -0.2) is 46.7 Å². The molecule has 166 valence electrons. The fraction of sp³-hybridized carbons (Fsp3) is 0.417. The quantitative estimate of drug-likeness (QED) is 0.607. The molecule has 2 aromatic heterocycles. The van der Waals surface area contributed by atoms with E-state index in [0.29, 0.717) is 23.6 Å². The molecule has 8 heteroatoms. The molecule has 8 nitrogen and oxygen atoms in total. The summed E-state index contributed by atoms with van der Waals surface area (Å²) in [4.78, 5) is 24.1. The van der Waals surface area contributed by atoms with Crippen LogP contribution < -0.4 is 15.6 Å². The van der Waals surface area contributed by atoms with Crippen molar-refractivity contribution in [3.05, 3.63) is 51.9 Å². The Morgan fingerprint density at radius 2 is 2.06 bits per heavy atom. The average Bonchev–Trinajstić information content (AvgIpc) is 3.29. The van der Waals surface area contributed by atoms with E-state index in [1.165, 1.54) is 0 Å². The van der Waals surface area contributed by atoms with Gasteiger partial charge in [-0.3, -0.25) is 9.36 Å². The van der Waals surface area contributed by atoms with Crippen molar-refractivity contribution < 1.29 is 4.74 Å². The van der Waals surface area contributed by atoms with Crippen LogP contribution >= 0.6 is 0 Å². The van der Waals surface area contributed by atoms with Crippen molar-refractivity contribution in [2.75, 3.05) is 32.6 Å². The fourth-order valence-corrected chi connectivity index (χ4v) is 4.12. The molecule has 0 unspecified atom stereocenters. The molecule has 1 aromatic carbocycles. The number of nitrogens with zero attached hydrogens (tertiary/aromatic N) is 5. The molecule has 4 rings (SSSR count). The zero-order valence-corrected chi connectivity index (χ0v) is 18.8. The van der Waals surface area contributed by atoms with E-state index >= 15 is 0 Å². The highest BCUT2D eigenvalue weighted by atomic mass is 16.5. The smallest absolute Gasteiger partial charge is 0.270 e. The number of pyridine rings is 1. The third-order valence-electron chi connectivity index (χ3n) is 5.81. The van der Waals surface area contributed by atoms with Gasteiger partial charge in [-0.15, -0.1) is 0 Å². The lowest BCUT2D eigenvalue weighted by molar-refractivity contribution is 0.260. The molecule has 1 aliphatic rings. The number of aromatic nitrogens is 3. The van der Waals surface area contributed by atoms with Gasteiger partial charge in [-0.05, 0) is 63.7 Å². The summed E-state index contributed by atoms with van der Waals surface area (Å²) in [6.07, 6.45) is 5.67. The maximum atomic E-state index is 12.9. The van der Waals surface area contributed by atoms with Crippen LogP contribution in [0.15, 0.2) is 35.3 Å². The molecule has 2 heterocycles. The van der Waals surface area contributed by atoms with E-state index in [4.69, 9.17) is 4.74 Å². The van der Waals surface area contributed by atoms with Gasteiger partial charge < -0.3 is 15.0 Å². The number of nitrogens with one attached hydrogen (secondary N) is 1. The summed E-state index contributed by atoms with van der Waals surface area (Å²) in [6, 6.07) is 9.52. The second kappa shape index (κ2) is 9.37. The zero-order valence-electron chi connectivity index (χ0n) is 18.8. The molecule has 0 saturated heterocycles. The van der Waals surface area contributed by atoms with E-state index in [9.17, 15) is 10.1 Å². The molecular weight excluding hydrogens is 404 g/mol. The van der Waals surface area contributed by atoms with Crippen LogP contribution in [0, 0.1) is 18.3 Å². The van der Waals surface area contributed by atoms with Gasteiger partial charge in [-0.1, -0.05) is 12.8 Å². The highest BCUT2D eigenvalue weighted by Gasteiger charge is 2.22. The van der Waals surface area contributed by atoms with Gasteiger partial charge >= 0.3 is 0 Å². The Kier molecular flexibility index (Phi) is 6.37. The highest BCUT2D eigenvalue weighted by Crippen LogP contribution is 2.31. The van der Waals surface area contributed by atoms with E-state index in [-0.39, 0.29) is 17.2 Å². The van der Waals surface area contributed by atoms with Gasteiger partial charge in [0, 0.05) is 29.9 Å². The third-order valence-corrected chi connectivity index (χ3v) is 5.81. The second-order valence-corrected chi connectivity index (χ2v) is 8.51. The number of aryl methyl sites for hydroxylation is 1. The van der Waals surface area contributed by atoms with Gasteiger partial charge in [0.25, 0.3) is 5.56 Å². The van der Waals surface area contributed by atoms with Crippen molar-refractivity contribution >= 4 is 22.7 Å². The topological polar surface area (TPSA) is 96.1 Å². The monoisotopic (exact) mass is 432 g/mol. The normalized spacial score (nSPS) is 14.1. The molecule has 3 aromatic rings. The standard InChI is InChI=1S/C24H28N6O2/c1-16-12-19(8-9-21(16)32-11-10-29(2)3)27-24-26-15-18-13-17(14-25)23(31)30(22(18)28-24)20-6-4-5-7-20/h8-9,12-13,15,20H,4-7,10-11H2,1-3H3,(H,26,27,28). The van der Waals surface area contributed by atoms with Crippen LogP contribution in [0.5, 0.6) is 5.75 Å². The summed E-state index contributed by atoms with van der Waals surface area (Å²) in [5, 5.41) is 13.3. The van der Waals surface area contributed by atoms with Crippen LogP contribution in [0.3, 0.4) is 0 Å². The van der Waals surface area contributed by atoms with E-state index in [2.05, 4.69) is 20.2 Å². The summed E-state index contributed by atoms with van der Waals surface area (Å²) in [5.74, 6) is 1.25. The zero-order chi connectivity index (χ0) is 22.7. The largest absolute Gasteiger partial charge is 0.492 e. The van der Waals surface area contributed by atoms with Gasteiger partial charge in [-0.25, -0.2) is 4.98 Å². The molecule has 0 aliphatic heterocycles. The maximum Gasteiger partial charge on any atom is 0.270 e. The Balaban J connectivity index is 1.63. The lowest BCUT2D eigenvalue weighted by Crippen LogP contribution is -2.26. The highest BCUT2D eigenvalue weighted by molar-refractivity contribution is 5.77. The van der Waals surface area contributed by atoms with Crippen molar-refractivity contribution in [2.45, 2.75) is 38.6 Å². The molecule has 0 bridgehead atoms. The second-order valence-electron chi connectivity index (χ2n) is 8.51. The summed E-state index contributed by atoms with van der Waals surface area (Å²) in [6.45, 7) is 3.47. The molecule has 1 saturated carbocycles. The van der Waals surface area contributed by atoms with Crippen LogP contribution in [0.25, 0.3) is 11.0 Å². The molecule has 1 fully saturated rings. The third kappa shape index (κ3) is 4.58. The SMILES string of the molecule is Cc1cc(Nc2ncc3cc(C#N)c(=O)n(C4CCCC4)c3n2)ccc1OCCN(C)C. The lowest BCUT2D eigenvalue weighted by atomic mass is 10.2. The average molecular weight is 433 g/mol. The first kappa shape index (κ1) is 21.8. The Bertz CT molecular complexity index is 1220. The summed E-state index contributed by atoms with van der Waals surface area (Å²) in [7, 11) is 4.03. The number of nitriles is 1. The Morgan fingerprint density at radius 3 is 2.75 bits per heavy atom. The van der Waals surface area contributed by atoms with E-state index < -0.39 is 0 Å². The predicted octanol–water partition coefficient (Wildman–Crippen LogP) is 3.77. The number of likely N-dealkylation sites (N-methyl/N-ethyl adjacent to an activating group) is 1. The Morgan fingerprint density at radius 1 is 1.28 bits per heavy atom. The van der Waals surface area contributed by atoms with Gasteiger partial charge in [-0.2, -0.15) is 10.2 Å². The molecule has 32 heavy (non-hydrogen) atoms. The van der Waals surface area contributed by atoms with Crippen molar-refractivity contribution in [3.8, 4) is 11.8 Å². The van der Waals surface area contributed by atoms with Crippen LogP contribution in [-0.2, 0) is 0 Å². The van der Waals surface area contributed by atoms with Crippen molar-refractivity contribution in [1.29, 1.82) is 5.26 Å². The maximum absolute atomic E-state index is 12.9. The predicted molar refractivity (Wildman–Crippen MR) is 125 cm³/mol. The first-order valence-corrected chi connectivity index (χ1v) is 10.9. The van der Waals surface area contributed by atoms with Crippen LogP contribution in [0.4, 0.5) is 11.6 Å². The minimum atomic E-state index is -0.272. The van der Waals surface area contributed by atoms with Crippen molar-refractivity contribution in [2.24, 2.45) is 0 Å². The Labute approximate surface area is 187 Å². The first-order valence-electron chi connectivity index (χ1n) is 10.9. The van der Waals surface area contributed by atoms with Crippen molar-refractivity contribution in [3.63, 3.8) is 0 Å². The van der Waals surface area contributed by atoms with Crippen LogP contribution in [0.2, 0.25) is 0 Å². The minimum Gasteiger partial charge on any atom is -0.492 e. The number of anilines is 2. The van der Waals surface area contributed by atoms with Crippen LogP contribution in [0.1, 0.15) is 42.9 Å². The minimum absolute atomic E-state index is 0.0712. The fourth-order valence-electron chi connectivity index (χ4n) is 4.12. The van der Waals surface area contributed by atoms with Gasteiger partial charge in [0.2, 0.25) is 5.95 Å².